The second-order valence-corrected chi connectivity index (χ2v) is 6.29. The van der Waals surface area contributed by atoms with Crippen LogP contribution >= 0.6 is 0 Å². The molecule has 0 bridgehead atoms. The van der Waals surface area contributed by atoms with Gasteiger partial charge in [-0.25, -0.2) is 0 Å². The van der Waals surface area contributed by atoms with E-state index >= 15 is 0 Å². The summed E-state index contributed by atoms with van der Waals surface area (Å²) < 4.78 is 33.5. The number of carbonyl (C=O) groups excluding carboxylic acids is 1. The summed E-state index contributed by atoms with van der Waals surface area (Å²) >= 11 is 0. The van der Waals surface area contributed by atoms with E-state index in [1.54, 1.807) is 12.1 Å². The van der Waals surface area contributed by atoms with Crippen molar-refractivity contribution in [2.45, 2.75) is 38.0 Å². The Morgan fingerprint density at radius 2 is 1.81 bits per heavy atom. The van der Waals surface area contributed by atoms with E-state index in [1.807, 2.05) is 6.92 Å². The Morgan fingerprint density at radius 3 is 2.38 bits per heavy atom. The zero-order valence-electron chi connectivity index (χ0n) is 12.3. The lowest BCUT2D eigenvalue weighted by molar-refractivity contribution is -0.137. The lowest BCUT2D eigenvalue weighted by Crippen LogP contribution is -2.08. The molecule has 0 N–H and O–H groups in total. The molecular formula is C15H20O5S. The molecule has 0 spiro atoms. The van der Waals surface area contributed by atoms with Gasteiger partial charge in [-0.2, -0.15) is 8.42 Å². The highest BCUT2D eigenvalue weighted by atomic mass is 32.2. The fourth-order valence-electron chi connectivity index (χ4n) is 1.62. The second kappa shape index (κ2) is 7.95. The molecule has 0 saturated carbocycles. The van der Waals surface area contributed by atoms with E-state index in [9.17, 15) is 13.2 Å². The molecule has 0 fully saturated rings. The molecule has 1 aromatic carbocycles. The van der Waals surface area contributed by atoms with Crippen molar-refractivity contribution in [3.05, 3.63) is 42.2 Å². The van der Waals surface area contributed by atoms with Crippen LogP contribution in [0.25, 0.3) is 0 Å². The second-order valence-electron chi connectivity index (χ2n) is 4.68. The highest BCUT2D eigenvalue weighted by Gasteiger charge is 2.14. The molecule has 0 saturated heterocycles. The number of rotatable bonds is 8. The first-order valence-electron chi connectivity index (χ1n) is 6.63. The Morgan fingerprint density at radius 1 is 1.19 bits per heavy atom. The number of allylic oxidation sites excluding steroid dienone is 1. The highest BCUT2D eigenvalue weighted by molar-refractivity contribution is 7.86. The van der Waals surface area contributed by atoms with E-state index in [0.29, 0.717) is 25.0 Å². The molecule has 1 rings (SSSR count). The van der Waals surface area contributed by atoms with E-state index in [4.69, 9.17) is 8.92 Å². The Balaban J connectivity index is 2.33. The molecule has 5 nitrogen and oxygen atoms in total. The largest absolute Gasteiger partial charge is 0.432 e. The van der Waals surface area contributed by atoms with Gasteiger partial charge in [0.1, 0.15) is 5.76 Å². The Kier molecular flexibility index (Phi) is 6.58. The molecule has 0 aromatic heterocycles. The Labute approximate surface area is 125 Å². The molecule has 6 heteroatoms. The number of unbranched alkanes of at least 4 members (excludes halogenated alkanes) is 1. The number of hydrogen-bond acceptors (Lipinski definition) is 5. The topological polar surface area (TPSA) is 69.7 Å². The summed E-state index contributed by atoms with van der Waals surface area (Å²) in [6.45, 7) is 6.87. The van der Waals surface area contributed by atoms with Gasteiger partial charge in [0.25, 0.3) is 10.1 Å². The highest BCUT2D eigenvalue weighted by Crippen LogP contribution is 2.14. The predicted molar refractivity (Wildman–Crippen MR) is 79.1 cm³/mol. The van der Waals surface area contributed by atoms with Crippen LogP contribution in [-0.4, -0.2) is 21.0 Å². The van der Waals surface area contributed by atoms with Crippen molar-refractivity contribution >= 4 is 16.1 Å². The maximum atomic E-state index is 11.9. The van der Waals surface area contributed by atoms with Crippen molar-refractivity contribution in [1.29, 1.82) is 0 Å². The fraction of sp³-hybridized carbons (Fsp3) is 0.400. The van der Waals surface area contributed by atoms with Gasteiger partial charge in [-0.15, -0.1) is 0 Å². The summed E-state index contributed by atoms with van der Waals surface area (Å²) in [6.07, 6.45) is 1.66. The molecule has 1 aromatic rings. The van der Waals surface area contributed by atoms with Crippen LogP contribution in [0.2, 0.25) is 0 Å². The molecule has 0 aliphatic rings. The number of aryl methyl sites for hydroxylation is 1. The smallest absolute Gasteiger partial charge is 0.307 e. The van der Waals surface area contributed by atoms with Gasteiger partial charge in [0.05, 0.1) is 11.5 Å². The minimum atomic E-state index is -3.70. The van der Waals surface area contributed by atoms with Crippen LogP contribution in [0.5, 0.6) is 0 Å². The van der Waals surface area contributed by atoms with E-state index < -0.39 is 16.1 Å². The summed E-state index contributed by atoms with van der Waals surface area (Å²) in [4.78, 5) is 10.8. The van der Waals surface area contributed by atoms with Crippen LogP contribution < -0.4 is 0 Å². The molecule has 116 valence electrons. The number of benzene rings is 1. The van der Waals surface area contributed by atoms with Gasteiger partial charge in [0, 0.05) is 13.3 Å². The van der Waals surface area contributed by atoms with Crippen LogP contribution in [0, 0.1) is 6.92 Å². The lowest BCUT2D eigenvalue weighted by Gasteiger charge is -2.07. The molecule has 21 heavy (non-hydrogen) atoms. The lowest BCUT2D eigenvalue weighted by atomic mass is 10.2. The van der Waals surface area contributed by atoms with Gasteiger partial charge in [-0.05, 0) is 31.9 Å². The predicted octanol–water partition coefficient (Wildman–Crippen LogP) is 2.95. The van der Waals surface area contributed by atoms with Gasteiger partial charge in [0.15, 0.2) is 0 Å². The summed E-state index contributed by atoms with van der Waals surface area (Å²) in [5.74, 6) is -0.0258. The quantitative estimate of drug-likeness (QED) is 0.319. The molecular weight excluding hydrogens is 292 g/mol. The van der Waals surface area contributed by atoms with Crippen molar-refractivity contribution in [2.75, 3.05) is 6.61 Å². The molecule has 0 unspecified atom stereocenters. The first-order valence-corrected chi connectivity index (χ1v) is 8.04. The molecule has 0 aliphatic carbocycles. The molecule has 0 aliphatic heterocycles. The van der Waals surface area contributed by atoms with Crippen molar-refractivity contribution in [3.8, 4) is 0 Å². The van der Waals surface area contributed by atoms with Crippen LogP contribution in [0.3, 0.4) is 0 Å². The third kappa shape index (κ3) is 6.55. The maximum absolute atomic E-state index is 11.9. The number of hydrogen-bond donors (Lipinski definition) is 0. The summed E-state index contributed by atoms with van der Waals surface area (Å²) in [5, 5.41) is 0. The monoisotopic (exact) mass is 312 g/mol. The van der Waals surface area contributed by atoms with Crippen molar-refractivity contribution < 1.29 is 22.1 Å². The van der Waals surface area contributed by atoms with Crippen molar-refractivity contribution in [1.82, 2.24) is 0 Å². The Hall–Kier alpha value is -1.66. The van der Waals surface area contributed by atoms with Crippen LogP contribution in [0.15, 0.2) is 41.5 Å². The standard InChI is InChI=1S/C15H20O5S/c1-12-7-9-15(10-8-12)21(17,18)19-11-5-4-6-13(2)20-14(3)16/h7-10H,2,4-6,11H2,1,3H3. The van der Waals surface area contributed by atoms with Gasteiger partial charge >= 0.3 is 5.97 Å². The SMILES string of the molecule is C=C(CCCCOS(=O)(=O)c1ccc(C)cc1)OC(C)=O. The summed E-state index contributed by atoms with van der Waals surface area (Å²) in [7, 11) is -3.70. The average molecular weight is 312 g/mol. The van der Waals surface area contributed by atoms with Crippen molar-refractivity contribution in [3.63, 3.8) is 0 Å². The van der Waals surface area contributed by atoms with Crippen LogP contribution in [0.4, 0.5) is 0 Å². The minimum absolute atomic E-state index is 0.0869. The van der Waals surface area contributed by atoms with Crippen LogP contribution in [-0.2, 0) is 23.8 Å². The van der Waals surface area contributed by atoms with E-state index in [-0.39, 0.29) is 11.5 Å². The van der Waals surface area contributed by atoms with E-state index in [0.717, 1.165) is 5.56 Å². The van der Waals surface area contributed by atoms with Crippen LogP contribution in [0.1, 0.15) is 31.7 Å². The molecule has 0 amide bonds. The Bertz CT molecular complexity index is 587. The normalized spacial score (nSPS) is 11.1. The van der Waals surface area contributed by atoms with E-state index in [1.165, 1.54) is 19.1 Å². The molecule has 0 atom stereocenters. The van der Waals surface area contributed by atoms with E-state index in [2.05, 4.69) is 6.58 Å². The first kappa shape index (κ1) is 17.4. The van der Waals surface area contributed by atoms with Gasteiger partial charge in [-0.1, -0.05) is 24.3 Å². The summed E-state index contributed by atoms with van der Waals surface area (Å²) in [5.41, 5.74) is 0.984. The van der Waals surface area contributed by atoms with Gasteiger partial charge < -0.3 is 4.74 Å². The zero-order chi connectivity index (χ0) is 15.9. The number of carbonyl (C=O) groups is 1. The van der Waals surface area contributed by atoms with Crippen molar-refractivity contribution in [2.24, 2.45) is 0 Å². The minimum Gasteiger partial charge on any atom is -0.432 e. The van der Waals surface area contributed by atoms with Gasteiger partial charge in [0.2, 0.25) is 0 Å². The average Bonchev–Trinajstić information content (AvgIpc) is 2.37. The van der Waals surface area contributed by atoms with Gasteiger partial charge in [-0.3, -0.25) is 8.98 Å². The molecule has 0 heterocycles. The fourth-order valence-corrected chi connectivity index (χ4v) is 2.56. The zero-order valence-corrected chi connectivity index (χ0v) is 13.1. The molecule has 0 radical (unpaired) electrons. The third-order valence-corrected chi connectivity index (χ3v) is 4.01. The number of esters is 1. The maximum Gasteiger partial charge on any atom is 0.307 e. The third-order valence-electron chi connectivity index (χ3n) is 2.69. The number of ether oxygens (including phenoxy) is 1. The summed E-state index contributed by atoms with van der Waals surface area (Å²) in [6, 6.07) is 6.49. The first-order chi connectivity index (χ1) is 9.81.